The largest absolute Gasteiger partial charge is 0.341 e. The maximum absolute atomic E-state index is 12.3. The van der Waals surface area contributed by atoms with Crippen LogP contribution in [-0.2, 0) is 0 Å². The Kier molecular flexibility index (Phi) is 3.52. The summed E-state index contributed by atoms with van der Waals surface area (Å²) in [4.78, 5) is 27.6. The molecule has 0 radical (unpaired) electrons. The normalized spacial score (nSPS) is 11.2. The molecule has 21 heavy (non-hydrogen) atoms. The summed E-state index contributed by atoms with van der Waals surface area (Å²) in [6.45, 7) is 3.88. The Morgan fingerprint density at radius 2 is 2.24 bits per heavy atom. The number of amides is 1. The van der Waals surface area contributed by atoms with Crippen LogP contribution in [0.3, 0.4) is 0 Å². The van der Waals surface area contributed by atoms with Crippen molar-refractivity contribution in [1.82, 2.24) is 29.5 Å². The Morgan fingerprint density at radius 1 is 1.43 bits per heavy atom. The predicted octanol–water partition coefficient (Wildman–Crippen LogP) is 2.23. The molecule has 0 aliphatic rings. The Bertz CT molecular complexity index is 812. The van der Waals surface area contributed by atoms with Crippen LogP contribution in [0.15, 0.2) is 6.33 Å². The van der Waals surface area contributed by atoms with E-state index in [1.54, 1.807) is 0 Å². The van der Waals surface area contributed by atoms with E-state index in [4.69, 9.17) is 11.6 Å². The average Bonchev–Trinajstić information content (AvgIpc) is 3.07. The summed E-state index contributed by atoms with van der Waals surface area (Å²) in [6.07, 6.45) is 1.46. The average molecular weight is 324 g/mol. The van der Waals surface area contributed by atoms with E-state index in [-0.39, 0.29) is 22.9 Å². The minimum atomic E-state index is -0.361. The van der Waals surface area contributed by atoms with Crippen molar-refractivity contribution in [3.05, 3.63) is 22.1 Å². The van der Waals surface area contributed by atoms with Crippen molar-refractivity contribution in [3.8, 4) is 0 Å². The zero-order valence-corrected chi connectivity index (χ0v) is 12.7. The van der Waals surface area contributed by atoms with Crippen LogP contribution in [0.25, 0.3) is 11.2 Å². The summed E-state index contributed by atoms with van der Waals surface area (Å²) in [5.74, 6) is -0.171. The molecule has 0 spiro atoms. The van der Waals surface area contributed by atoms with Gasteiger partial charge < -0.3 is 4.98 Å². The molecular formula is C11H10ClN7OS. The summed E-state index contributed by atoms with van der Waals surface area (Å²) in [5, 5.41) is 6.75. The topological polar surface area (TPSA) is 109 Å². The first-order valence-electron chi connectivity index (χ1n) is 6.06. The van der Waals surface area contributed by atoms with Gasteiger partial charge in [0.15, 0.2) is 10.8 Å². The molecule has 1 amide bonds. The fraction of sp³-hybridized carbons (Fsp3) is 0.273. The first kappa shape index (κ1) is 13.8. The third kappa shape index (κ3) is 2.57. The molecule has 10 heteroatoms. The van der Waals surface area contributed by atoms with E-state index in [2.05, 4.69) is 34.8 Å². The van der Waals surface area contributed by atoms with Gasteiger partial charge in [-0.3, -0.25) is 10.1 Å². The monoisotopic (exact) mass is 323 g/mol. The SMILES string of the molecule is CC(C)c1nnsc1C(=O)Nc1nc(Cl)c2[nH]cnc2n1. The number of anilines is 1. The van der Waals surface area contributed by atoms with Gasteiger partial charge in [0.25, 0.3) is 5.91 Å². The van der Waals surface area contributed by atoms with Crippen molar-refractivity contribution in [3.63, 3.8) is 0 Å². The van der Waals surface area contributed by atoms with Crippen LogP contribution >= 0.6 is 23.1 Å². The maximum Gasteiger partial charge on any atom is 0.271 e. The van der Waals surface area contributed by atoms with E-state index >= 15 is 0 Å². The molecular weight excluding hydrogens is 314 g/mol. The quantitative estimate of drug-likeness (QED) is 0.715. The Labute approximate surface area is 128 Å². The number of aromatic amines is 1. The zero-order chi connectivity index (χ0) is 15.0. The molecule has 3 aromatic rings. The molecule has 8 nitrogen and oxygen atoms in total. The number of hydrogen-bond acceptors (Lipinski definition) is 7. The third-order valence-corrected chi connectivity index (χ3v) is 3.75. The number of nitrogens with one attached hydrogen (secondary N) is 2. The standard InChI is InChI=1S/C11H10ClN7OS/c1-4(2)5-7(21-19-18-5)10(20)17-11-15-8(12)6-9(16-11)14-3-13-6/h3-4H,1-2H3,(H2,13,14,15,16,17,20). The highest BCUT2D eigenvalue weighted by Gasteiger charge is 2.20. The lowest BCUT2D eigenvalue weighted by Gasteiger charge is -2.05. The van der Waals surface area contributed by atoms with Crippen LogP contribution in [0.2, 0.25) is 5.15 Å². The Morgan fingerprint density at radius 3 is 3.00 bits per heavy atom. The second kappa shape index (κ2) is 5.34. The molecule has 0 unspecified atom stereocenters. The molecule has 108 valence electrons. The van der Waals surface area contributed by atoms with Crippen molar-refractivity contribution in [2.45, 2.75) is 19.8 Å². The van der Waals surface area contributed by atoms with E-state index in [9.17, 15) is 4.79 Å². The number of imidazole rings is 1. The number of carbonyl (C=O) groups is 1. The second-order valence-electron chi connectivity index (χ2n) is 4.54. The number of rotatable bonds is 3. The molecule has 2 N–H and O–H groups in total. The van der Waals surface area contributed by atoms with Crippen LogP contribution in [0, 0.1) is 0 Å². The molecule has 3 heterocycles. The van der Waals surface area contributed by atoms with Gasteiger partial charge >= 0.3 is 0 Å². The van der Waals surface area contributed by atoms with E-state index in [0.29, 0.717) is 21.7 Å². The highest BCUT2D eigenvalue weighted by Crippen LogP contribution is 2.22. The smallest absolute Gasteiger partial charge is 0.271 e. The molecule has 3 aromatic heterocycles. The van der Waals surface area contributed by atoms with Gasteiger partial charge in [-0.1, -0.05) is 29.9 Å². The van der Waals surface area contributed by atoms with E-state index < -0.39 is 0 Å². The van der Waals surface area contributed by atoms with Crippen LogP contribution in [0.4, 0.5) is 5.95 Å². The van der Waals surface area contributed by atoms with Gasteiger partial charge in [0.05, 0.1) is 12.0 Å². The lowest BCUT2D eigenvalue weighted by Crippen LogP contribution is -2.15. The molecule has 0 fully saturated rings. The van der Waals surface area contributed by atoms with Crippen molar-refractivity contribution >= 4 is 46.2 Å². The van der Waals surface area contributed by atoms with E-state index in [1.165, 1.54) is 6.33 Å². The van der Waals surface area contributed by atoms with Crippen LogP contribution in [-0.4, -0.2) is 35.4 Å². The Hall–Kier alpha value is -2.13. The van der Waals surface area contributed by atoms with E-state index in [0.717, 1.165) is 11.5 Å². The minimum Gasteiger partial charge on any atom is -0.341 e. The number of fused-ring (bicyclic) bond motifs is 1. The highest BCUT2D eigenvalue weighted by molar-refractivity contribution is 7.08. The first-order valence-corrected chi connectivity index (χ1v) is 7.21. The molecule has 0 saturated carbocycles. The van der Waals surface area contributed by atoms with Crippen molar-refractivity contribution in [1.29, 1.82) is 0 Å². The summed E-state index contributed by atoms with van der Waals surface area (Å²) in [6, 6.07) is 0. The van der Waals surface area contributed by atoms with E-state index in [1.807, 2.05) is 13.8 Å². The Balaban J connectivity index is 1.91. The van der Waals surface area contributed by atoms with Crippen molar-refractivity contribution < 1.29 is 4.79 Å². The number of halogens is 1. The summed E-state index contributed by atoms with van der Waals surface area (Å²) < 4.78 is 3.81. The van der Waals surface area contributed by atoms with Gasteiger partial charge in [0.2, 0.25) is 5.95 Å². The first-order chi connectivity index (χ1) is 10.1. The number of aromatic nitrogens is 6. The van der Waals surface area contributed by atoms with Gasteiger partial charge in [-0.25, -0.2) is 4.98 Å². The molecule has 0 aliphatic heterocycles. The molecule has 0 saturated heterocycles. The lowest BCUT2D eigenvalue weighted by molar-refractivity contribution is 0.102. The second-order valence-corrected chi connectivity index (χ2v) is 5.65. The fourth-order valence-corrected chi connectivity index (χ4v) is 2.68. The molecule has 0 bridgehead atoms. The number of carbonyl (C=O) groups excluding carboxylic acids is 1. The van der Waals surface area contributed by atoms with Crippen molar-refractivity contribution in [2.24, 2.45) is 0 Å². The number of nitrogens with zero attached hydrogens (tertiary/aromatic N) is 5. The number of H-pyrrole nitrogens is 1. The van der Waals surface area contributed by atoms with Crippen LogP contribution in [0.5, 0.6) is 0 Å². The van der Waals surface area contributed by atoms with Gasteiger partial charge in [-0.2, -0.15) is 9.97 Å². The lowest BCUT2D eigenvalue weighted by atomic mass is 10.1. The zero-order valence-electron chi connectivity index (χ0n) is 11.1. The summed E-state index contributed by atoms with van der Waals surface area (Å²) >= 11 is 7.03. The third-order valence-electron chi connectivity index (χ3n) is 2.73. The van der Waals surface area contributed by atoms with Gasteiger partial charge in [0, 0.05) is 0 Å². The highest BCUT2D eigenvalue weighted by atomic mass is 35.5. The van der Waals surface area contributed by atoms with Crippen molar-refractivity contribution in [2.75, 3.05) is 5.32 Å². The number of hydrogen-bond donors (Lipinski definition) is 2. The predicted molar refractivity (Wildman–Crippen MR) is 78.6 cm³/mol. The molecule has 0 aliphatic carbocycles. The molecule has 0 aromatic carbocycles. The summed E-state index contributed by atoms with van der Waals surface area (Å²) in [5.41, 5.74) is 1.55. The molecule has 3 rings (SSSR count). The fourth-order valence-electron chi connectivity index (χ4n) is 1.74. The summed E-state index contributed by atoms with van der Waals surface area (Å²) in [7, 11) is 0. The van der Waals surface area contributed by atoms with Gasteiger partial charge in [0.1, 0.15) is 10.4 Å². The molecule has 0 atom stereocenters. The minimum absolute atomic E-state index is 0.0905. The van der Waals surface area contributed by atoms with Gasteiger partial charge in [-0.05, 0) is 17.5 Å². The van der Waals surface area contributed by atoms with Gasteiger partial charge in [-0.15, -0.1) is 5.10 Å². The van der Waals surface area contributed by atoms with Crippen LogP contribution in [0.1, 0.15) is 35.1 Å². The van der Waals surface area contributed by atoms with Crippen LogP contribution < -0.4 is 5.32 Å². The maximum atomic E-state index is 12.3.